The van der Waals surface area contributed by atoms with Crippen LogP contribution in [0.3, 0.4) is 0 Å². The third-order valence-corrected chi connectivity index (χ3v) is 1.87. The highest BCUT2D eigenvalue weighted by atomic mass is 16.5. The van der Waals surface area contributed by atoms with Gasteiger partial charge < -0.3 is 16.2 Å². The van der Waals surface area contributed by atoms with Crippen LogP contribution in [0.15, 0.2) is 6.07 Å². The summed E-state index contributed by atoms with van der Waals surface area (Å²) in [7, 11) is 0. The lowest BCUT2D eigenvalue weighted by Gasteiger charge is -2.15. The molecule has 0 saturated carbocycles. The predicted molar refractivity (Wildman–Crippen MR) is 60.4 cm³/mol. The third kappa shape index (κ3) is 4.01. The highest BCUT2D eigenvalue weighted by Crippen LogP contribution is 2.16. The molecule has 1 aromatic heterocycles. The number of ether oxygens (including phenoxy) is 1. The molecule has 5 nitrogen and oxygen atoms in total. The van der Waals surface area contributed by atoms with Gasteiger partial charge in [-0.1, -0.05) is 13.8 Å². The smallest absolute Gasteiger partial charge is 0.225 e. The second-order valence-electron chi connectivity index (χ2n) is 4.05. The van der Waals surface area contributed by atoms with Gasteiger partial charge in [0.2, 0.25) is 11.8 Å². The highest BCUT2D eigenvalue weighted by molar-refractivity contribution is 5.38. The molecule has 0 fully saturated rings. The Kier molecular flexibility index (Phi) is 3.71. The van der Waals surface area contributed by atoms with Crippen LogP contribution in [0.2, 0.25) is 0 Å². The molecule has 1 atom stereocenters. The summed E-state index contributed by atoms with van der Waals surface area (Å²) in [5.74, 6) is 1.49. The summed E-state index contributed by atoms with van der Waals surface area (Å²) in [6, 6.07) is 1.58. The Morgan fingerprint density at radius 3 is 2.47 bits per heavy atom. The predicted octanol–water partition coefficient (Wildman–Crippen LogP) is 1.45. The Balaban J connectivity index is 2.63. The summed E-state index contributed by atoms with van der Waals surface area (Å²) in [4.78, 5) is 7.71. The maximum Gasteiger partial charge on any atom is 0.225 e. The number of nitrogens with two attached hydrogens (primary N) is 2. The van der Waals surface area contributed by atoms with E-state index < -0.39 is 0 Å². The van der Waals surface area contributed by atoms with Crippen molar-refractivity contribution < 1.29 is 4.74 Å². The fourth-order valence-corrected chi connectivity index (χ4v) is 1.44. The molecule has 0 amide bonds. The molecule has 0 saturated heterocycles. The first-order chi connectivity index (χ1) is 6.97. The molecular weight excluding hydrogens is 192 g/mol. The van der Waals surface area contributed by atoms with E-state index in [1.54, 1.807) is 6.07 Å². The monoisotopic (exact) mass is 210 g/mol. The first kappa shape index (κ1) is 11.6. The summed E-state index contributed by atoms with van der Waals surface area (Å²) < 4.78 is 5.58. The molecule has 0 radical (unpaired) electrons. The fourth-order valence-electron chi connectivity index (χ4n) is 1.44. The molecule has 1 rings (SSSR count). The van der Waals surface area contributed by atoms with Crippen molar-refractivity contribution in [3.63, 3.8) is 0 Å². The second-order valence-corrected chi connectivity index (χ2v) is 4.05. The number of anilines is 2. The summed E-state index contributed by atoms with van der Waals surface area (Å²) in [5, 5.41) is 0. The standard InChI is InChI=1S/C10H18N4O/c1-6(2)4-7(3)15-9-5-8(11)13-10(12)14-9/h5-7H,4H2,1-3H3,(H4,11,12,13,14). The first-order valence-electron chi connectivity index (χ1n) is 5.04. The molecule has 15 heavy (non-hydrogen) atoms. The molecule has 0 bridgehead atoms. The van der Waals surface area contributed by atoms with Crippen LogP contribution in [0.4, 0.5) is 11.8 Å². The fraction of sp³-hybridized carbons (Fsp3) is 0.600. The van der Waals surface area contributed by atoms with Crippen LogP contribution >= 0.6 is 0 Å². The van der Waals surface area contributed by atoms with E-state index in [1.165, 1.54) is 0 Å². The van der Waals surface area contributed by atoms with E-state index in [9.17, 15) is 0 Å². The van der Waals surface area contributed by atoms with E-state index in [4.69, 9.17) is 16.2 Å². The summed E-state index contributed by atoms with van der Waals surface area (Å²) in [6.07, 6.45) is 1.06. The van der Waals surface area contributed by atoms with E-state index >= 15 is 0 Å². The van der Waals surface area contributed by atoms with Crippen molar-refractivity contribution in [2.24, 2.45) is 5.92 Å². The Bertz CT molecular complexity index is 307. The Morgan fingerprint density at radius 1 is 1.27 bits per heavy atom. The van der Waals surface area contributed by atoms with Crippen LogP contribution in [-0.2, 0) is 0 Å². The summed E-state index contributed by atoms with van der Waals surface area (Å²) in [5.41, 5.74) is 11.0. The van der Waals surface area contributed by atoms with Gasteiger partial charge in [-0.15, -0.1) is 0 Å². The number of hydrogen-bond acceptors (Lipinski definition) is 5. The van der Waals surface area contributed by atoms with Gasteiger partial charge in [0.15, 0.2) is 0 Å². The normalized spacial score (nSPS) is 12.8. The molecule has 4 N–H and O–H groups in total. The van der Waals surface area contributed by atoms with Crippen molar-refractivity contribution in [1.29, 1.82) is 0 Å². The summed E-state index contributed by atoms with van der Waals surface area (Å²) >= 11 is 0. The Labute approximate surface area is 89.9 Å². The van der Waals surface area contributed by atoms with Crippen molar-refractivity contribution in [3.05, 3.63) is 6.07 Å². The minimum atomic E-state index is 0.0960. The second kappa shape index (κ2) is 4.82. The van der Waals surface area contributed by atoms with Gasteiger partial charge >= 0.3 is 0 Å². The molecule has 0 spiro atoms. The highest BCUT2D eigenvalue weighted by Gasteiger charge is 2.08. The molecule has 0 aliphatic rings. The number of hydrogen-bond donors (Lipinski definition) is 2. The van der Waals surface area contributed by atoms with Crippen molar-refractivity contribution >= 4 is 11.8 Å². The van der Waals surface area contributed by atoms with Crippen molar-refractivity contribution in [2.45, 2.75) is 33.3 Å². The van der Waals surface area contributed by atoms with Crippen molar-refractivity contribution in [2.75, 3.05) is 11.5 Å². The van der Waals surface area contributed by atoms with Crippen LogP contribution in [0.25, 0.3) is 0 Å². The van der Waals surface area contributed by atoms with Crippen LogP contribution in [0.5, 0.6) is 5.88 Å². The molecule has 1 heterocycles. The molecule has 5 heteroatoms. The zero-order valence-corrected chi connectivity index (χ0v) is 9.40. The zero-order chi connectivity index (χ0) is 11.4. The lowest BCUT2D eigenvalue weighted by Crippen LogP contribution is -2.16. The molecule has 84 valence electrons. The molecule has 1 aromatic rings. The molecule has 0 aliphatic carbocycles. The van der Waals surface area contributed by atoms with Crippen LogP contribution < -0.4 is 16.2 Å². The molecular formula is C10H18N4O. The molecule has 0 aromatic carbocycles. The minimum absolute atomic E-state index is 0.0960. The van der Waals surface area contributed by atoms with E-state index in [0.29, 0.717) is 17.6 Å². The maximum absolute atomic E-state index is 5.58. The zero-order valence-electron chi connectivity index (χ0n) is 9.40. The third-order valence-electron chi connectivity index (χ3n) is 1.87. The van der Waals surface area contributed by atoms with Gasteiger partial charge in [-0.25, -0.2) is 0 Å². The van der Waals surface area contributed by atoms with E-state index in [-0.39, 0.29) is 12.1 Å². The van der Waals surface area contributed by atoms with Gasteiger partial charge in [-0.2, -0.15) is 9.97 Å². The van der Waals surface area contributed by atoms with E-state index in [1.807, 2.05) is 6.92 Å². The SMILES string of the molecule is CC(C)CC(C)Oc1cc(N)nc(N)n1. The van der Waals surface area contributed by atoms with Crippen LogP contribution in [0, 0.1) is 5.92 Å². The van der Waals surface area contributed by atoms with Crippen LogP contribution in [-0.4, -0.2) is 16.1 Å². The van der Waals surface area contributed by atoms with Crippen LogP contribution in [0.1, 0.15) is 27.2 Å². The van der Waals surface area contributed by atoms with Gasteiger partial charge in [-0.3, -0.25) is 0 Å². The number of nitrogens with zero attached hydrogens (tertiary/aromatic N) is 2. The van der Waals surface area contributed by atoms with Crippen molar-refractivity contribution in [1.82, 2.24) is 9.97 Å². The van der Waals surface area contributed by atoms with Gasteiger partial charge in [-0.05, 0) is 19.3 Å². The van der Waals surface area contributed by atoms with E-state index in [0.717, 1.165) is 6.42 Å². The summed E-state index contributed by atoms with van der Waals surface area (Å²) in [6.45, 7) is 6.28. The van der Waals surface area contributed by atoms with E-state index in [2.05, 4.69) is 23.8 Å². The minimum Gasteiger partial charge on any atom is -0.474 e. The first-order valence-corrected chi connectivity index (χ1v) is 5.04. The average molecular weight is 210 g/mol. The lowest BCUT2D eigenvalue weighted by atomic mass is 10.1. The molecule has 1 unspecified atom stereocenters. The Morgan fingerprint density at radius 2 is 1.93 bits per heavy atom. The maximum atomic E-state index is 5.58. The number of aromatic nitrogens is 2. The topological polar surface area (TPSA) is 87.0 Å². The number of nitrogen functional groups attached to an aromatic ring is 2. The Hall–Kier alpha value is -1.52. The van der Waals surface area contributed by atoms with Gasteiger partial charge in [0.1, 0.15) is 5.82 Å². The van der Waals surface area contributed by atoms with Crippen molar-refractivity contribution in [3.8, 4) is 5.88 Å². The number of rotatable bonds is 4. The largest absolute Gasteiger partial charge is 0.474 e. The van der Waals surface area contributed by atoms with Gasteiger partial charge in [0.25, 0.3) is 0 Å². The van der Waals surface area contributed by atoms with Gasteiger partial charge in [0, 0.05) is 6.07 Å². The quantitative estimate of drug-likeness (QED) is 0.785. The lowest BCUT2D eigenvalue weighted by molar-refractivity contribution is 0.186. The average Bonchev–Trinajstić information content (AvgIpc) is 1.98. The van der Waals surface area contributed by atoms with Gasteiger partial charge in [0.05, 0.1) is 6.10 Å². The molecule has 0 aliphatic heterocycles.